The molecule has 0 saturated heterocycles. The number of aryl methyl sites for hydroxylation is 1. The molecule has 1 atom stereocenters. The molecule has 2 heterocycles. The van der Waals surface area contributed by atoms with Gasteiger partial charge in [-0.05, 0) is 18.1 Å². The third-order valence-electron chi connectivity index (χ3n) is 4.39. The molecule has 2 aromatic heterocycles. The minimum absolute atomic E-state index is 0.181. The number of hydrogen-bond donors (Lipinski definition) is 2. The van der Waals surface area contributed by atoms with Crippen LogP contribution < -0.4 is 5.32 Å². The highest BCUT2D eigenvalue weighted by Crippen LogP contribution is 2.24. The van der Waals surface area contributed by atoms with E-state index in [-0.39, 0.29) is 5.91 Å². The molecule has 1 unspecified atom stereocenters. The van der Waals surface area contributed by atoms with Crippen LogP contribution in [0.25, 0.3) is 5.13 Å². The lowest BCUT2D eigenvalue weighted by atomic mass is 10.1. The highest BCUT2D eigenvalue weighted by Gasteiger charge is 2.19. The van der Waals surface area contributed by atoms with Crippen molar-refractivity contribution in [1.29, 1.82) is 0 Å². The average Bonchev–Trinajstić information content (AvgIpc) is 3.40. The van der Waals surface area contributed by atoms with E-state index in [2.05, 4.69) is 20.6 Å². The van der Waals surface area contributed by atoms with Gasteiger partial charge in [-0.25, -0.2) is 4.98 Å². The van der Waals surface area contributed by atoms with Crippen molar-refractivity contribution in [1.82, 2.24) is 25.3 Å². The molecule has 0 radical (unpaired) electrons. The van der Waals surface area contributed by atoms with Gasteiger partial charge in [-0.3, -0.25) is 4.79 Å². The summed E-state index contributed by atoms with van der Waals surface area (Å²) in [6, 6.07) is 19.0. The third-order valence-corrected chi connectivity index (χ3v) is 5.54. The Kier molecular flexibility index (Phi) is 5.46. The van der Waals surface area contributed by atoms with Crippen LogP contribution in [0.15, 0.2) is 66.9 Å². The molecule has 0 aliphatic rings. The van der Waals surface area contributed by atoms with Crippen molar-refractivity contribution in [2.75, 3.05) is 0 Å². The quantitative estimate of drug-likeness (QED) is 0.514. The molecule has 0 aliphatic heterocycles. The fourth-order valence-electron chi connectivity index (χ4n) is 2.85. The van der Waals surface area contributed by atoms with Gasteiger partial charge in [-0.2, -0.15) is 4.68 Å². The molecule has 0 aliphatic carbocycles. The topological polar surface area (TPSA) is 92.9 Å². The Balaban J connectivity index is 1.49. The number of carbonyl (C=O) groups excluding carboxylic acids is 1. The van der Waals surface area contributed by atoms with E-state index in [1.54, 1.807) is 13.1 Å². The van der Waals surface area contributed by atoms with E-state index in [1.165, 1.54) is 16.0 Å². The number of aliphatic hydroxyl groups is 1. The van der Waals surface area contributed by atoms with Crippen LogP contribution >= 0.6 is 11.3 Å². The number of hydrogen-bond acceptors (Lipinski definition) is 6. The van der Waals surface area contributed by atoms with Gasteiger partial charge in [0.05, 0.1) is 11.9 Å². The molecule has 4 aromatic rings. The fraction of sp³-hybridized carbons (Fsp3) is 0.143. The summed E-state index contributed by atoms with van der Waals surface area (Å²) in [7, 11) is 0. The van der Waals surface area contributed by atoms with Gasteiger partial charge < -0.3 is 10.4 Å². The van der Waals surface area contributed by atoms with Crippen LogP contribution in [-0.4, -0.2) is 31.0 Å². The van der Waals surface area contributed by atoms with Gasteiger partial charge >= 0.3 is 0 Å². The highest BCUT2D eigenvalue weighted by molar-refractivity contribution is 7.16. The summed E-state index contributed by atoms with van der Waals surface area (Å²) in [5, 5.41) is 22.0. The Morgan fingerprint density at radius 2 is 1.83 bits per heavy atom. The molecule has 29 heavy (non-hydrogen) atoms. The first kappa shape index (κ1) is 19.0. The molecule has 2 aromatic carbocycles. The van der Waals surface area contributed by atoms with Crippen LogP contribution in [0, 0.1) is 6.92 Å². The van der Waals surface area contributed by atoms with E-state index in [0.717, 1.165) is 11.1 Å². The lowest BCUT2D eigenvalue weighted by Crippen LogP contribution is -2.22. The zero-order valence-corrected chi connectivity index (χ0v) is 16.5. The largest absolute Gasteiger partial charge is 0.382 e. The van der Waals surface area contributed by atoms with Gasteiger partial charge in [-0.1, -0.05) is 77.2 Å². The number of nitrogens with one attached hydrogen (secondary N) is 1. The van der Waals surface area contributed by atoms with Crippen molar-refractivity contribution in [3.05, 3.63) is 94.3 Å². The standard InChI is InChI=1S/C21H19N5O2S/c1-14-19(20(28)22-12-15-8-4-2-5-9-15)29-21(23-14)26-13-17(24-25-26)18(27)16-10-6-3-7-11-16/h2-11,13,18,27H,12H2,1H3,(H,22,28). The number of benzene rings is 2. The maximum absolute atomic E-state index is 12.6. The zero-order chi connectivity index (χ0) is 20.2. The first-order valence-corrected chi connectivity index (χ1v) is 9.88. The van der Waals surface area contributed by atoms with E-state index in [0.29, 0.717) is 27.9 Å². The summed E-state index contributed by atoms with van der Waals surface area (Å²) in [6.07, 6.45) is 0.751. The molecule has 146 valence electrons. The molecular formula is C21H19N5O2S. The summed E-state index contributed by atoms with van der Waals surface area (Å²) in [5.74, 6) is -0.181. The van der Waals surface area contributed by atoms with E-state index < -0.39 is 6.10 Å². The molecular weight excluding hydrogens is 386 g/mol. The number of carbonyl (C=O) groups is 1. The minimum Gasteiger partial charge on any atom is -0.382 e. The lowest BCUT2D eigenvalue weighted by Gasteiger charge is -2.06. The summed E-state index contributed by atoms with van der Waals surface area (Å²) in [6.45, 7) is 2.23. The molecule has 0 fully saturated rings. The number of nitrogens with zero attached hydrogens (tertiary/aromatic N) is 4. The molecule has 8 heteroatoms. The lowest BCUT2D eigenvalue weighted by molar-refractivity contribution is 0.0954. The van der Waals surface area contributed by atoms with Gasteiger partial charge in [0.2, 0.25) is 5.13 Å². The van der Waals surface area contributed by atoms with Crippen LogP contribution in [0.4, 0.5) is 0 Å². The maximum Gasteiger partial charge on any atom is 0.263 e. The summed E-state index contributed by atoms with van der Waals surface area (Å²) in [5.41, 5.74) is 2.80. The minimum atomic E-state index is -0.875. The van der Waals surface area contributed by atoms with Gasteiger partial charge in [-0.15, -0.1) is 5.10 Å². The van der Waals surface area contributed by atoms with Crippen molar-refractivity contribution in [2.24, 2.45) is 0 Å². The van der Waals surface area contributed by atoms with Crippen LogP contribution in [-0.2, 0) is 6.54 Å². The first-order chi connectivity index (χ1) is 14.1. The number of aliphatic hydroxyl groups excluding tert-OH is 1. The van der Waals surface area contributed by atoms with Crippen molar-refractivity contribution < 1.29 is 9.90 Å². The Morgan fingerprint density at radius 3 is 2.55 bits per heavy atom. The predicted octanol–water partition coefficient (Wildman–Crippen LogP) is 3.04. The molecule has 1 amide bonds. The second kappa shape index (κ2) is 8.34. The zero-order valence-electron chi connectivity index (χ0n) is 15.7. The van der Waals surface area contributed by atoms with Gasteiger partial charge in [0.25, 0.3) is 5.91 Å². The summed E-state index contributed by atoms with van der Waals surface area (Å²) >= 11 is 1.23. The van der Waals surface area contributed by atoms with Crippen LogP contribution in [0.2, 0.25) is 0 Å². The Hall–Kier alpha value is -3.36. The molecule has 0 spiro atoms. The Bertz CT molecular complexity index is 1110. The van der Waals surface area contributed by atoms with E-state index in [1.807, 2.05) is 60.7 Å². The monoisotopic (exact) mass is 405 g/mol. The molecule has 7 nitrogen and oxygen atoms in total. The Labute approximate surface area is 171 Å². The highest BCUT2D eigenvalue weighted by atomic mass is 32.1. The molecule has 4 rings (SSSR count). The second-order valence-electron chi connectivity index (χ2n) is 6.48. The normalized spacial score (nSPS) is 11.9. The van der Waals surface area contributed by atoms with E-state index >= 15 is 0 Å². The van der Waals surface area contributed by atoms with Gasteiger partial charge in [0.1, 0.15) is 16.7 Å². The average molecular weight is 405 g/mol. The van der Waals surface area contributed by atoms with Crippen molar-refractivity contribution >= 4 is 17.2 Å². The second-order valence-corrected chi connectivity index (χ2v) is 7.46. The van der Waals surface area contributed by atoms with Crippen LogP contribution in [0.3, 0.4) is 0 Å². The predicted molar refractivity (Wildman–Crippen MR) is 110 cm³/mol. The van der Waals surface area contributed by atoms with Crippen LogP contribution in [0.5, 0.6) is 0 Å². The molecule has 0 saturated carbocycles. The summed E-state index contributed by atoms with van der Waals surface area (Å²) in [4.78, 5) is 17.5. The number of amides is 1. The van der Waals surface area contributed by atoms with Crippen molar-refractivity contribution in [3.63, 3.8) is 0 Å². The van der Waals surface area contributed by atoms with E-state index in [4.69, 9.17) is 0 Å². The number of thiazole rings is 1. The molecule has 2 N–H and O–H groups in total. The molecule has 0 bridgehead atoms. The van der Waals surface area contributed by atoms with Gasteiger partial charge in [0.15, 0.2) is 0 Å². The smallest absolute Gasteiger partial charge is 0.263 e. The third kappa shape index (κ3) is 4.23. The number of rotatable bonds is 6. The van der Waals surface area contributed by atoms with Crippen molar-refractivity contribution in [3.8, 4) is 5.13 Å². The van der Waals surface area contributed by atoms with E-state index in [9.17, 15) is 9.90 Å². The summed E-state index contributed by atoms with van der Waals surface area (Å²) < 4.78 is 1.48. The first-order valence-electron chi connectivity index (χ1n) is 9.07. The van der Waals surface area contributed by atoms with Gasteiger partial charge in [0, 0.05) is 6.54 Å². The number of aromatic nitrogens is 4. The van der Waals surface area contributed by atoms with Crippen molar-refractivity contribution in [2.45, 2.75) is 19.6 Å². The Morgan fingerprint density at radius 1 is 1.14 bits per heavy atom. The van der Waals surface area contributed by atoms with Crippen LogP contribution in [0.1, 0.15) is 38.3 Å². The maximum atomic E-state index is 12.6. The SMILES string of the molecule is Cc1nc(-n2cc(C(O)c3ccccc3)nn2)sc1C(=O)NCc1ccccc1. The fourth-order valence-corrected chi connectivity index (χ4v) is 3.76.